The van der Waals surface area contributed by atoms with Crippen LogP contribution in [0.4, 0.5) is 5.69 Å². The van der Waals surface area contributed by atoms with Gasteiger partial charge in [-0.25, -0.2) is 0 Å². The molecule has 0 bridgehead atoms. The molecule has 3 heteroatoms. The van der Waals surface area contributed by atoms with Crippen LogP contribution in [0.5, 0.6) is 0 Å². The van der Waals surface area contributed by atoms with Crippen LogP contribution in [0.2, 0.25) is 0 Å². The molecule has 0 fully saturated rings. The zero-order valence-corrected chi connectivity index (χ0v) is 42.1. The Morgan fingerprint density at radius 1 is 0.667 bits per heavy atom. The van der Waals surface area contributed by atoms with Crippen molar-refractivity contribution in [1.29, 1.82) is 0 Å². The van der Waals surface area contributed by atoms with Crippen LogP contribution in [0.15, 0.2) is 161 Å². The predicted octanol–water partition coefficient (Wildman–Crippen LogP) is 17.7. The second kappa shape index (κ2) is 19.7. The van der Waals surface area contributed by atoms with Crippen molar-refractivity contribution in [2.75, 3.05) is 0 Å². The third-order valence-electron chi connectivity index (χ3n) is 14.0. The normalized spacial score (nSPS) is 14.3. The monoisotopic (exact) mass is 881 g/mol. The molecule has 0 N–H and O–H groups in total. The number of hydrogen-bond donors (Lipinski definition) is 0. The molecule has 333 valence electrons. The fourth-order valence-electron chi connectivity index (χ4n) is 9.99. The summed E-state index contributed by atoms with van der Waals surface area (Å²) >= 11 is 1.87. The van der Waals surface area contributed by atoms with Crippen LogP contribution in [0, 0.1) is 38.5 Å². The average molecular weight is 881 g/mol. The zero-order chi connectivity index (χ0) is 46.8. The van der Waals surface area contributed by atoms with Gasteiger partial charge in [0.1, 0.15) is 0 Å². The summed E-state index contributed by atoms with van der Waals surface area (Å²) in [5, 5.41) is 0. The van der Waals surface area contributed by atoms with E-state index >= 15 is 0 Å². The van der Waals surface area contributed by atoms with Crippen LogP contribution in [0.3, 0.4) is 0 Å². The molecule has 0 amide bonds. The van der Waals surface area contributed by atoms with E-state index in [0.29, 0.717) is 0 Å². The Balaban J connectivity index is 1.19. The highest BCUT2D eigenvalue weighted by molar-refractivity contribution is 8.26. The topological polar surface area (TPSA) is 12.4 Å². The summed E-state index contributed by atoms with van der Waals surface area (Å²) in [6, 6.07) is 42.9. The molecule has 0 atom stereocenters. The molecule has 1 nitrogen and oxygen atoms in total. The molecule has 6 aromatic rings. The summed E-state index contributed by atoms with van der Waals surface area (Å²) in [5.74, 6) is 0. The summed E-state index contributed by atoms with van der Waals surface area (Å²) in [4.78, 5) is 6.95. The lowest BCUT2D eigenvalue weighted by molar-refractivity contribution is 0.292. The van der Waals surface area contributed by atoms with Crippen molar-refractivity contribution in [2.45, 2.75) is 108 Å². The number of rotatable bonds is 13. The summed E-state index contributed by atoms with van der Waals surface area (Å²) < 4.78 is 0. The molecule has 8 rings (SSSR count). The van der Waals surface area contributed by atoms with Gasteiger partial charge in [0.25, 0.3) is 0 Å². The van der Waals surface area contributed by atoms with E-state index in [-0.39, 0.29) is 10.8 Å². The van der Waals surface area contributed by atoms with Gasteiger partial charge in [-0.05, 0) is 184 Å². The van der Waals surface area contributed by atoms with Crippen molar-refractivity contribution >= 4 is 40.6 Å². The lowest BCUT2D eigenvalue weighted by Gasteiger charge is -2.30. The van der Waals surface area contributed by atoms with Crippen molar-refractivity contribution in [2.24, 2.45) is 15.8 Å². The van der Waals surface area contributed by atoms with Gasteiger partial charge < -0.3 is 0 Å². The van der Waals surface area contributed by atoms with Gasteiger partial charge in [-0.1, -0.05) is 180 Å². The number of allylic oxidation sites excluding steroid dienone is 7. The summed E-state index contributed by atoms with van der Waals surface area (Å²) in [6.07, 6.45) is 16.8. The maximum atomic E-state index is 5.62. The van der Waals surface area contributed by atoms with E-state index in [2.05, 4.69) is 228 Å². The second-order valence-electron chi connectivity index (χ2n) is 20.5. The van der Waals surface area contributed by atoms with Gasteiger partial charge in [0.05, 0.1) is 5.69 Å². The fraction of sp³-hybridized carbons (Fsp3) is 0.286. The molecule has 0 aromatic heterocycles. The van der Waals surface area contributed by atoms with Gasteiger partial charge in [0.2, 0.25) is 6.56 Å². The van der Waals surface area contributed by atoms with Crippen molar-refractivity contribution in [3.8, 4) is 44.5 Å². The van der Waals surface area contributed by atoms with Crippen LogP contribution in [0.25, 0.3) is 50.1 Å². The third-order valence-corrected chi connectivity index (χ3v) is 15.0. The highest BCUT2D eigenvalue weighted by Crippen LogP contribution is 2.45. The first kappa shape index (κ1) is 46.9. The first-order valence-corrected chi connectivity index (χ1v) is 24.9. The van der Waals surface area contributed by atoms with E-state index in [1.54, 1.807) is 0 Å². The van der Waals surface area contributed by atoms with Crippen molar-refractivity contribution in [1.82, 2.24) is 0 Å². The smallest absolute Gasteiger partial charge is 0.236 e. The molecule has 0 saturated heterocycles. The van der Waals surface area contributed by atoms with Gasteiger partial charge in [-0.2, -0.15) is 11.6 Å². The van der Waals surface area contributed by atoms with E-state index in [0.717, 1.165) is 49.1 Å². The lowest BCUT2D eigenvalue weighted by atomic mass is 9.75. The number of hydrogen-bond acceptors (Lipinski definition) is 2. The highest BCUT2D eigenvalue weighted by atomic mass is 32.2. The SMILES string of the molecule is C/C=C\C(=C/C(C)=Nc1c(-c2ccc(C3=C(S[B]c4cccc5c4Cc4ccccc4-5)C=CCC3)c(C)c2)ccc(-c2cccc(-c3ccccc3C)c2C)c1C)C(C)(C)CCC(C)(C)C. The Morgan fingerprint density at radius 3 is 2.06 bits per heavy atom. The van der Waals surface area contributed by atoms with Gasteiger partial charge in [-0.15, -0.1) is 0 Å². The molecular formula is C63H67BNS. The molecule has 0 unspecified atom stereocenters. The first-order chi connectivity index (χ1) is 31.6. The Kier molecular flexibility index (Phi) is 14.0. The summed E-state index contributed by atoms with van der Waals surface area (Å²) in [7, 11) is 0. The number of aryl methyl sites for hydroxylation is 2. The van der Waals surface area contributed by atoms with Gasteiger partial charge >= 0.3 is 0 Å². The number of nitrogens with zero attached hydrogens (tertiary/aromatic N) is 1. The van der Waals surface area contributed by atoms with E-state index in [9.17, 15) is 0 Å². The van der Waals surface area contributed by atoms with Crippen LogP contribution < -0.4 is 5.46 Å². The Hall–Kier alpha value is -5.64. The molecule has 2 aliphatic carbocycles. The van der Waals surface area contributed by atoms with E-state index in [4.69, 9.17) is 4.99 Å². The standard InChI is InChI=1S/C63H67BNS/c1-12-21-48(63(10,11)37-36-62(7,8)9)39-43(4)65-61-45(6)53(52-28-19-27-51(44(52)5)49-24-15-13-22-41(49)2)34-35-55(61)47-32-33-50(42(3)38-47)57-26-17-18-31-60(57)66-64-59-30-20-29-56-54-25-16-14-23-46(54)40-58(56)59/h12-16,18-25,27-35,38-39H,17,26,36-37,40H2,1-11H3/b21-12-,48-39+,65-43?. The minimum absolute atomic E-state index is 0.00122. The minimum Gasteiger partial charge on any atom is -0.253 e. The second-order valence-corrected chi connectivity index (χ2v) is 21.4. The minimum atomic E-state index is 0.00122. The number of aliphatic imine (C=N–C) groups is 1. The van der Waals surface area contributed by atoms with Crippen molar-refractivity contribution in [3.63, 3.8) is 0 Å². The fourth-order valence-corrected chi connectivity index (χ4v) is 11.0. The summed E-state index contributed by atoms with van der Waals surface area (Å²) in [6.45, 7) is 27.5. The molecule has 0 heterocycles. The Bertz CT molecular complexity index is 2960. The lowest BCUT2D eigenvalue weighted by Crippen LogP contribution is -2.18. The van der Waals surface area contributed by atoms with Crippen molar-refractivity contribution in [3.05, 3.63) is 195 Å². The largest absolute Gasteiger partial charge is 0.253 e. The Morgan fingerprint density at radius 2 is 1.32 bits per heavy atom. The van der Waals surface area contributed by atoms with Crippen LogP contribution in [0.1, 0.15) is 113 Å². The molecule has 0 aliphatic heterocycles. The zero-order valence-electron chi connectivity index (χ0n) is 41.3. The first-order valence-electron chi connectivity index (χ1n) is 24.0. The van der Waals surface area contributed by atoms with E-state index in [1.807, 2.05) is 11.6 Å². The van der Waals surface area contributed by atoms with Crippen LogP contribution >= 0.6 is 11.6 Å². The molecule has 0 spiro atoms. The predicted molar refractivity (Wildman–Crippen MR) is 293 cm³/mol. The number of fused-ring (bicyclic) bond motifs is 3. The van der Waals surface area contributed by atoms with E-state index in [1.165, 1.54) is 99.4 Å². The molecule has 6 aromatic carbocycles. The van der Waals surface area contributed by atoms with Crippen LogP contribution in [-0.4, -0.2) is 12.3 Å². The third kappa shape index (κ3) is 10.0. The maximum absolute atomic E-state index is 5.62. The molecule has 2 aliphatic rings. The van der Waals surface area contributed by atoms with Gasteiger partial charge in [0.15, 0.2) is 0 Å². The van der Waals surface area contributed by atoms with Gasteiger partial charge in [0, 0.05) is 11.3 Å². The maximum Gasteiger partial charge on any atom is 0.236 e. The highest BCUT2D eigenvalue weighted by Gasteiger charge is 2.26. The molecular weight excluding hydrogens is 814 g/mol. The quantitative estimate of drug-likeness (QED) is 0.0639. The average Bonchev–Trinajstić information content (AvgIpc) is 3.68. The van der Waals surface area contributed by atoms with E-state index < -0.39 is 0 Å². The summed E-state index contributed by atoms with van der Waals surface area (Å²) in [5.41, 5.74) is 25.8. The number of benzene rings is 6. The van der Waals surface area contributed by atoms with Crippen LogP contribution in [-0.2, 0) is 6.42 Å². The van der Waals surface area contributed by atoms with Crippen molar-refractivity contribution < 1.29 is 0 Å². The molecule has 0 saturated carbocycles. The Labute approximate surface area is 402 Å². The van der Waals surface area contributed by atoms with Gasteiger partial charge in [-0.3, -0.25) is 4.99 Å². The molecule has 1 radical (unpaired) electrons. The molecule has 66 heavy (non-hydrogen) atoms.